The van der Waals surface area contributed by atoms with Crippen LogP contribution < -0.4 is 0 Å². The molecular formula is C19H15NO5. The van der Waals surface area contributed by atoms with E-state index in [0.717, 1.165) is 22.3 Å². The lowest BCUT2D eigenvalue weighted by atomic mass is 9.98. The highest BCUT2D eigenvalue weighted by Crippen LogP contribution is 2.44. The number of esters is 1. The van der Waals surface area contributed by atoms with E-state index in [1.165, 1.54) is 6.92 Å². The van der Waals surface area contributed by atoms with Crippen LogP contribution in [-0.2, 0) is 14.3 Å². The van der Waals surface area contributed by atoms with Gasteiger partial charge in [0.05, 0.1) is 0 Å². The standard InChI is InChI=1S/C19H15NO5/c1-11-17(21)25-19(23)20(11)18(22)24-10-16-14-8-4-2-6-12(14)13-7-3-5-9-15(13)16/h2-9,11,16H,10H2,1H3/t11-/m1/s1. The van der Waals surface area contributed by atoms with Crippen LogP contribution in [0.15, 0.2) is 48.5 Å². The molecule has 0 bridgehead atoms. The van der Waals surface area contributed by atoms with Crippen LogP contribution in [0.5, 0.6) is 0 Å². The fourth-order valence-electron chi connectivity index (χ4n) is 3.38. The Kier molecular flexibility index (Phi) is 3.53. The van der Waals surface area contributed by atoms with Gasteiger partial charge in [0.25, 0.3) is 0 Å². The number of benzene rings is 2. The lowest BCUT2D eigenvalue weighted by molar-refractivity contribution is -0.135. The molecule has 25 heavy (non-hydrogen) atoms. The minimum atomic E-state index is -0.991. The molecule has 2 amide bonds. The molecule has 1 aliphatic carbocycles. The highest BCUT2D eigenvalue weighted by molar-refractivity contribution is 6.03. The summed E-state index contributed by atoms with van der Waals surface area (Å²) >= 11 is 0. The maximum Gasteiger partial charge on any atom is 0.427 e. The van der Waals surface area contributed by atoms with E-state index in [4.69, 9.17) is 4.74 Å². The molecule has 2 aromatic rings. The lowest BCUT2D eigenvalue weighted by Crippen LogP contribution is -2.39. The van der Waals surface area contributed by atoms with Gasteiger partial charge in [0.1, 0.15) is 12.6 Å². The zero-order valence-corrected chi connectivity index (χ0v) is 13.5. The van der Waals surface area contributed by atoms with Gasteiger partial charge in [-0.3, -0.25) is 0 Å². The monoisotopic (exact) mass is 337 g/mol. The van der Waals surface area contributed by atoms with E-state index in [1.807, 2.05) is 48.5 Å². The molecule has 2 aromatic carbocycles. The van der Waals surface area contributed by atoms with Crippen molar-refractivity contribution in [2.45, 2.75) is 18.9 Å². The van der Waals surface area contributed by atoms with Crippen LogP contribution in [-0.4, -0.2) is 35.7 Å². The van der Waals surface area contributed by atoms with Gasteiger partial charge >= 0.3 is 18.2 Å². The summed E-state index contributed by atoms with van der Waals surface area (Å²) in [6.45, 7) is 1.51. The minimum Gasteiger partial charge on any atom is -0.448 e. The summed E-state index contributed by atoms with van der Waals surface area (Å²) in [6.07, 6.45) is -1.86. The summed E-state index contributed by atoms with van der Waals surface area (Å²) in [5.41, 5.74) is 4.38. The third-order valence-electron chi connectivity index (χ3n) is 4.65. The maximum atomic E-state index is 12.2. The van der Waals surface area contributed by atoms with E-state index >= 15 is 0 Å². The molecule has 1 saturated heterocycles. The number of amides is 2. The molecule has 6 nitrogen and oxygen atoms in total. The van der Waals surface area contributed by atoms with E-state index in [9.17, 15) is 14.4 Å². The van der Waals surface area contributed by atoms with Gasteiger partial charge in [-0.05, 0) is 29.2 Å². The summed E-state index contributed by atoms with van der Waals surface area (Å²) in [4.78, 5) is 36.0. The summed E-state index contributed by atoms with van der Waals surface area (Å²) < 4.78 is 9.79. The first-order chi connectivity index (χ1) is 12.1. The third kappa shape index (κ3) is 2.38. The average Bonchev–Trinajstić information content (AvgIpc) is 3.07. The number of carbonyl (C=O) groups excluding carboxylic acids is 3. The third-order valence-corrected chi connectivity index (χ3v) is 4.65. The fourth-order valence-corrected chi connectivity index (χ4v) is 3.38. The average molecular weight is 337 g/mol. The van der Waals surface area contributed by atoms with Crippen LogP contribution in [0.25, 0.3) is 11.1 Å². The van der Waals surface area contributed by atoms with Gasteiger partial charge in [-0.15, -0.1) is 0 Å². The molecule has 0 radical (unpaired) electrons. The molecule has 126 valence electrons. The van der Waals surface area contributed by atoms with Crippen molar-refractivity contribution in [1.82, 2.24) is 4.90 Å². The van der Waals surface area contributed by atoms with Crippen molar-refractivity contribution in [1.29, 1.82) is 0 Å². The van der Waals surface area contributed by atoms with E-state index in [2.05, 4.69) is 4.74 Å². The first-order valence-electron chi connectivity index (χ1n) is 7.98. The van der Waals surface area contributed by atoms with Gasteiger partial charge in [0.2, 0.25) is 0 Å². The molecular weight excluding hydrogens is 322 g/mol. The quantitative estimate of drug-likeness (QED) is 0.621. The van der Waals surface area contributed by atoms with Crippen LogP contribution in [0, 0.1) is 0 Å². The Morgan fingerprint density at radius 3 is 2.12 bits per heavy atom. The maximum absolute atomic E-state index is 12.2. The van der Waals surface area contributed by atoms with Crippen LogP contribution in [0.4, 0.5) is 9.59 Å². The number of fused-ring (bicyclic) bond motifs is 3. The number of hydrogen-bond acceptors (Lipinski definition) is 5. The van der Waals surface area contributed by atoms with Gasteiger partial charge in [-0.1, -0.05) is 48.5 Å². The minimum absolute atomic E-state index is 0.0809. The van der Waals surface area contributed by atoms with Crippen LogP contribution >= 0.6 is 0 Å². The van der Waals surface area contributed by atoms with Crippen molar-refractivity contribution >= 4 is 18.2 Å². The zero-order valence-electron chi connectivity index (χ0n) is 13.5. The Morgan fingerprint density at radius 2 is 1.60 bits per heavy atom. The fraction of sp³-hybridized carbons (Fsp3) is 0.211. The van der Waals surface area contributed by atoms with Crippen LogP contribution in [0.1, 0.15) is 24.0 Å². The molecule has 1 aliphatic heterocycles. The van der Waals surface area contributed by atoms with Gasteiger partial charge in [-0.25, -0.2) is 14.4 Å². The summed E-state index contributed by atoms with van der Waals surface area (Å²) in [7, 11) is 0. The molecule has 0 unspecified atom stereocenters. The number of hydrogen-bond donors (Lipinski definition) is 0. The molecule has 1 heterocycles. The van der Waals surface area contributed by atoms with E-state index in [-0.39, 0.29) is 12.5 Å². The second-order valence-corrected chi connectivity index (χ2v) is 6.04. The normalized spacial score (nSPS) is 18.8. The largest absolute Gasteiger partial charge is 0.448 e. The Labute approximate surface area is 144 Å². The predicted molar refractivity (Wildman–Crippen MR) is 87.9 cm³/mol. The number of carbonyl (C=O) groups is 3. The van der Waals surface area contributed by atoms with E-state index < -0.39 is 24.2 Å². The van der Waals surface area contributed by atoms with Crippen molar-refractivity contribution in [2.24, 2.45) is 0 Å². The van der Waals surface area contributed by atoms with E-state index in [0.29, 0.717) is 4.90 Å². The number of rotatable bonds is 2. The molecule has 1 fully saturated rings. The molecule has 6 heteroatoms. The lowest BCUT2D eigenvalue weighted by Gasteiger charge is -2.18. The molecule has 1 atom stereocenters. The van der Waals surface area contributed by atoms with E-state index in [1.54, 1.807) is 0 Å². The highest BCUT2D eigenvalue weighted by Gasteiger charge is 2.43. The summed E-state index contributed by atoms with van der Waals surface area (Å²) in [5.74, 6) is -0.862. The Balaban J connectivity index is 1.57. The van der Waals surface area contributed by atoms with Crippen molar-refractivity contribution in [3.8, 4) is 11.1 Å². The van der Waals surface area contributed by atoms with Crippen molar-refractivity contribution in [3.05, 3.63) is 59.7 Å². The summed E-state index contributed by atoms with van der Waals surface area (Å²) in [6, 6.07) is 14.9. The predicted octanol–water partition coefficient (Wildman–Crippen LogP) is 3.30. The SMILES string of the molecule is C[C@@H]1C(=O)OC(=O)N1C(=O)OCC1c2ccccc2-c2ccccc21. The summed E-state index contributed by atoms with van der Waals surface area (Å²) in [5, 5.41) is 0. The smallest absolute Gasteiger partial charge is 0.427 e. The van der Waals surface area contributed by atoms with Crippen LogP contribution in [0.2, 0.25) is 0 Å². The highest BCUT2D eigenvalue weighted by atomic mass is 16.6. The van der Waals surface area contributed by atoms with Crippen molar-refractivity contribution < 1.29 is 23.9 Å². The van der Waals surface area contributed by atoms with Crippen molar-refractivity contribution in [2.75, 3.05) is 6.61 Å². The number of cyclic esters (lactones) is 2. The Bertz CT molecular complexity index is 845. The molecule has 0 spiro atoms. The van der Waals surface area contributed by atoms with Gasteiger partial charge < -0.3 is 9.47 Å². The van der Waals surface area contributed by atoms with Gasteiger partial charge in [-0.2, -0.15) is 4.90 Å². The second-order valence-electron chi connectivity index (χ2n) is 6.04. The zero-order chi connectivity index (χ0) is 17.6. The molecule has 4 rings (SSSR count). The number of imide groups is 1. The Morgan fingerprint density at radius 1 is 1.04 bits per heavy atom. The molecule has 0 N–H and O–H groups in total. The Hall–Kier alpha value is -3.15. The molecule has 2 aliphatic rings. The molecule has 0 aromatic heterocycles. The second kappa shape index (κ2) is 5.73. The van der Waals surface area contributed by atoms with Crippen molar-refractivity contribution in [3.63, 3.8) is 0 Å². The number of nitrogens with zero attached hydrogens (tertiary/aromatic N) is 1. The molecule has 0 saturated carbocycles. The van der Waals surface area contributed by atoms with Gasteiger partial charge in [0.15, 0.2) is 0 Å². The van der Waals surface area contributed by atoms with Gasteiger partial charge in [0, 0.05) is 5.92 Å². The number of ether oxygens (including phenoxy) is 2. The topological polar surface area (TPSA) is 72.9 Å². The first kappa shape index (κ1) is 15.4. The van der Waals surface area contributed by atoms with Crippen LogP contribution in [0.3, 0.4) is 0 Å². The first-order valence-corrected chi connectivity index (χ1v) is 7.98.